The van der Waals surface area contributed by atoms with E-state index in [1.807, 2.05) is 35.2 Å². The highest BCUT2D eigenvalue weighted by molar-refractivity contribution is 6.30. The first-order valence-corrected chi connectivity index (χ1v) is 15.2. The molecule has 2 aliphatic rings. The van der Waals surface area contributed by atoms with Gasteiger partial charge in [-0.1, -0.05) is 65.7 Å². The predicted molar refractivity (Wildman–Crippen MR) is 170 cm³/mol. The fraction of sp³-hybridized carbons (Fsp3) is 0.286. The van der Waals surface area contributed by atoms with Crippen molar-refractivity contribution in [2.75, 3.05) is 24.5 Å². The first-order chi connectivity index (χ1) is 20.9. The van der Waals surface area contributed by atoms with Crippen molar-refractivity contribution in [3.8, 4) is 0 Å². The van der Waals surface area contributed by atoms with Gasteiger partial charge in [0.1, 0.15) is 5.58 Å². The summed E-state index contributed by atoms with van der Waals surface area (Å²) in [6.45, 7) is 3.16. The van der Waals surface area contributed by atoms with Crippen molar-refractivity contribution in [3.05, 3.63) is 123 Å². The van der Waals surface area contributed by atoms with Crippen molar-refractivity contribution in [1.29, 1.82) is 0 Å². The smallest absolute Gasteiger partial charge is 0.287 e. The number of hydrogen-bond donors (Lipinski definition) is 1. The Kier molecular flexibility index (Phi) is 8.61. The molecule has 1 atom stereocenters. The van der Waals surface area contributed by atoms with Crippen molar-refractivity contribution in [2.24, 2.45) is 0 Å². The average Bonchev–Trinajstić information content (AvgIpc) is 3.42. The molecule has 3 heterocycles. The Balaban J connectivity index is 1.18. The summed E-state index contributed by atoms with van der Waals surface area (Å²) in [6, 6.07) is 23.8. The lowest BCUT2D eigenvalue weighted by atomic mass is 9.97. The Morgan fingerprint density at radius 1 is 0.930 bits per heavy atom. The molecule has 43 heavy (non-hydrogen) atoms. The number of nitrogens with one attached hydrogen (secondary N) is 1. The highest BCUT2D eigenvalue weighted by Gasteiger charge is 2.24. The lowest BCUT2D eigenvalue weighted by Gasteiger charge is -2.33. The molecule has 7 nitrogen and oxygen atoms in total. The van der Waals surface area contributed by atoms with Gasteiger partial charge < -0.3 is 19.5 Å². The maximum atomic E-state index is 13.3. The molecule has 220 valence electrons. The summed E-state index contributed by atoms with van der Waals surface area (Å²) in [7, 11) is 0. The van der Waals surface area contributed by atoms with Gasteiger partial charge in [-0.3, -0.25) is 14.4 Å². The summed E-state index contributed by atoms with van der Waals surface area (Å²) in [4.78, 5) is 42.6. The van der Waals surface area contributed by atoms with Crippen LogP contribution >= 0.6 is 11.6 Å². The number of halogens is 1. The molecule has 2 aliphatic heterocycles. The van der Waals surface area contributed by atoms with Crippen molar-refractivity contribution in [1.82, 2.24) is 10.2 Å². The van der Waals surface area contributed by atoms with Crippen molar-refractivity contribution in [3.63, 3.8) is 0 Å². The third-order valence-corrected chi connectivity index (χ3v) is 8.50. The van der Waals surface area contributed by atoms with E-state index in [4.69, 9.17) is 16.0 Å². The molecule has 2 amide bonds. The fourth-order valence-electron chi connectivity index (χ4n) is 6.00. The molecule has 3 aromatic carbocycles. The largest absolute Gasteiger partial charge is 0.451 e. The molecule has 2 saturated heterocycles. The summed E-state index contributed by atoms with van der Waals surface area (Å²) in [5.74, 6) is -0.206. The normalized spacial score (nSPS) is 16.0. The number of nitrogens with zero attached hydrogens (tertiary/aromatic N) is 2. The topological polar surface area (TPSA) is 82.9 Å². The van der Waals surface area contributed by atoms with Gasteiger partial charge in [-0.2, -0.15) is 0 Å². The van der Waals surface area contributed by atoms with Crippen LogP contribution in [0.4, 0.5) is 5.69 Å². The molecule has 2 fully saturated rings. The first-order valence-electron chi connectivity index (χ1n) is 14.8. The fourth-order valence-corrected chi connectivity index (χ4v) is 6.12. The number of para-hydroxylation sites is 2. The third kappa shape index (κ3) is 6.83. The number of carbonyl (C=O) groups is 2. The zero-order valence-electron chi connectivity index (χ0n) is 23.9. The van der Waals surface area contributed by atoms with Gasteiger partial charge in [-0.15, -0.1) is 0 Å². The van der Waals surface area contributed by atoms with Gasteiger partial charge in [-0.25, -0.2) is 0 Å². The monoisotopic (exact) mass is 595 g/mol. The average molecular weight is 596 g/mol. The van der Waals surface area contributed by atoms with Crippen molar-refractivity contribution < 1.29 is 14.0 Å². The second-order valence-electron chi connectivity index (χ2n) is 11.2. The lowest BCUT2D eigenvalue weighted by Crippen LogP contribution is -2.37. The van der Waals surface area contributed by atoms with Crippen LogP contribution in [0, 0.1) is 0 Å². The van der Waals surface area contributed by atoms with Crippen LogP contribution in [0.15, 0.2) is 99.7 Å². The molecule has 0 spiro atoms. The molecule has 0 aliphatic carbocycles. The van der Waals surface area contributed by atoms with Crippen LogP contribution in [0.3, 0.4) is 0 Å². The zero-order chi connectivity index (χ0) is 29.8. The van der Waals surface area contributed by atoms with E-state index in [2.05, 4.69) is 34.5 Å². The van der Waals surface area contributed by atoms with Crippen LogP contribution in [0.5, 0.6) is 0 Å². The van der Waals surface area contributed by atoms with Gasteiger partial charge in [0.05, 0.1) is 11.4 Å². The van der Waals surface area contributed by atoms with Gasteiger partial charge in [-0.05, 0) is 67.1 Å². The summed E-state index contributed by atoms with van der Waals surface area (Å²) in [5.41, 5.74) is 4.79. The molecular weight excluding hydrogens is 562 g/mol. The van der Waals surface area contributed by atoms with Crippen LogP contribution in [0.2, 0.25) is 5.02 Å². The Hall–Kier alpha value is -4.36. The highest BCUT2D eigenvalue weighted by Crippen LogP contribution is 2.28. The molecule has 0 bridgehead atoms. The molecule has 0 saturated carbocycles. The number of piperidine rings is 1. The number of amides is 2. The molecule has 0 unspecified atom stereocenters. The molecular formula is C35H34ClN3O4. The van der Waals surface area contributed by atoms with E-state index in [1.54, 1.807) is 24.3 Å². The first kappa shape index (κ1) is 28.7. The van der Waals surface area contributed by atoms with E-state index in [9.17, 15) is 14.4 Å². The van der Waals surface area contributed by atoms with E-state index in [0.717, 1.165) is 44.5 Å². The Bertz CT molecular complexity index is 1720. The Morgan fingerprint density at radius 3 is 2.44 bits per heavy atom. The number of rotatable bonds is 8. The summed E-state index contributed by atoms with van der Waals surface area (Å²) in [5, 5.41) is 4.20. The van der Waals surface area contributed by atoms with Crippen LogP contribution in [-0.2, 0) is 17.8 Å². The van der Waals surface area contributed by atoms with Crippen LogP contribution in [-0.4, -0.2) is 42.4 Å². The summed E-state index contributed by atoms with van der Waals surface area (Å²) < 4.78 is 5.81. The minimum atomic E-state index is -0.429. The van der Waals surface area contributed by atoms with Gasteiger partial charge in [0.15, 0.2) is 11.2 Å². The standard InChI is InChI=1S/C35H34ClN3O4/c36-27-13-11-24(12-14-27)20-28(37-35(42)33-22-31(40)29-7-2-4-9-32(29)43-33)21-25-15-18-38(19-16-25)30-8-3-1-6-26(30)23-39-17-5-10-34(39)41/h1-4,6-9,11-14,21-22,28H,5,10,15-20,23H2,(H,37,42)/t28-/m0/s1. The number of fused-ring (bicyclic) bond motifs is 1. The lowest BCUT2D eigenvalue weighted by molar-refractivity contribution is -0.128. The molecule has 0 radical (unpaired) electrons. The minimum Gasteiger partial charge on any atom is -0.451 e. The Morgan fingerprint density at radius 2 is 1.67 bits per heavy atom. The van der Waals surface area contributed by atoms with Crippen LogP contribution in [0.1, 0.15) is 47.4 Å². The van der Waals surface area contributed by atoms with E-state index in [0.29, 0.717) is 35.4 Å². The van der Waals surface area contributed by atoms with Crippen LogP contribution in [0.25, 0.3) is 11.0 Å². The second kappa shape index (κ2) is 12.9. The summed E-state index contributed by atoms with van der Waals surface area (Å²) >= 11 is 6.11. The zero-order valence-corrected chi connectivity index (χ0v) is 24.7. The van der Waals surface area contributed by atoms with E-state index < -0.39 is 5.91 Å². The second-order valence-corrected chi connectivity index (χ2v) is 11.7. The predicted octanol–water partition coefficient (Wildman–Crippen LogP) is 6.14. The van der Waals surface area contributed by atoms with Gasteiger partial charge in [0.2, 0.25) is 5.91 Å². The van der Waals surface area contributed by atoms with Crippen molar-refractivity contribution >= 4 is 40.1 Å². The van der Waals surface area contributed by atoms with Gasteiger partial charge >= 0.3 is 0 Å². The molecule has 1 aromatic heterocycles. The van der Waals surface area contributed by atoms with E-state index >= 15 is 0 Å². The van der Waals surface area contributed by atoms with Gasteiger partial charge in [0.25, 0.3) is 5.91 Å². The molecule has 4 aromatic rings. The highest BCUT2D eigenvalue weighted by atomic mass is 35.5. The number of anilines is 1. The van der Waals surface area contributed by atoms with Crippen LogP contribution < -0.4 is 15.6 Å². The molecule has 8 heteroatoms. The Labute approximate surface area is 255 Å². The SMILES string of the molecule is O=C(N[C@H](C=C1CCN(c2ccccc2CN2CCCC2=O)CC1)Cc1ccc(Cl)cc1)c1cc(=O)c2ccccc2o1. The molecule has 6 rings (SSSR count). The van der Waals surface area contributed by atoms with E-state index in [1.165, 1.54) is 22.9 Å². The van der Waals surface area contributed by atoms with Gasteiger partial charge in [0, 0.05) is 49.4 Å². The van der Waals surface area contributed by atoms with Crippen molar-refractivity contribution in [2.45, 2.75) is 44.7 Å². The number of carbonyl (C=O) groups excluding carboxylic acids is 2. The minimum absolute atomic E-state index is 0.00823. The maximum Gasteiger partial charge on any atom is 0.287 e. The maximum absolute atomic E-state index is 13.3. The third-order valence-electron chi connectivity index (χ3n) is 8.25. The van der Waals surface area contributed by atoms with E-state index in [-0.39, 0.29) is 23.1 Å². The quantitative estimate of drug-likeness (QED) is 0.248. The molecule has 1 N–H and O–H groups in total. The number of benzene rings is 3. The number of hydrogen-bond acceptors (Lipinski definition) is 5. The number of likely N-dealkylation sites (tertiary alicyclic amines) is 1. The summed E-state index contributed by atoms with van der Waals surface area (Å²) in [6.07, 6.45) is 6.00.